The van der Waals surface area contributed by atoms with E-state index in [2.05, 4.69) is 13.8 Å². The normalized spacial score (nSPS) is 10.1. The van der Waals surface area contributed by atoms with Crippen molar-refractivity contribution >= 4 is 21.4 Å². The zero-order valence-electron chi connectivity index (χ0n) is 10.0. The van der Waals surface area contributed by atoms with Crippen LogP contribution in [0.5, 0.6) is 0 Å². The molecular formula is C13H18FNS. The molecule has 0 unspecified atom stereocenters. The van der Waals surface area contributed by atoms with Crippen LogP contribution in [-0.2, 0) is 6.54 Å². The predicted octanol–water partition coefficient (Wildman–Crippen LogP) is 4.22. The zero-order chi connectivity index (χ0) is 12.1. The first-order valence-electron chi connectivity index (χ1n) is 5.52. The summed E-state index contributed by atoms with van der Waals surface area (Å²) in [7, 11) is 0. The largest absolute Gasteiger partial charge is 0.326 e. The fraction of sp³-hybridized carbons (Fsp3) is 0.385. The molecule has 1 aromatic heterocycles. The van der Waals surface area contributed by atoms with Crippen molar-refractivity contribution in [1.82, 2.24) is 0 Å². The molecule has 0 saturated heterocycles. The molecule has 1 heterocycles. The van der Waals surface area contributed by atoms with Gasteiger partial charge in [0.2, 0.25) is 0 Å². The molecular weight excluding hydrogens is 221 g/mol. The summed E-state index contributed by atoms with van der Waals surface area (Å²) in [6.45, 7) is 6.66. The summed E-state index contributed by atoms with van der Waals surface area (Å²) in [4.78, 5) is 1.07. The van der Waals surface area contributed by atoms with E-state index in [1.54, 1.807) is 17.4 Å². The maximum atomic E-state index is 13.4. The maximum absolute atomic E-state index is 13.4. The van der Waals surface area contributed by atoms with Crippen LogP contribution in [0.3, 0.4) is 0 Å². The molecule has 0 aliphatic rings. The summed E-state index contributed by atoms with van der Waals surface area (Å²) in [6, 6.07) is 5.14. The molecule has 0 fully saturated rings. The van der Waals surface area contributed by atoms with Crippen molar-refractivity contribution in [3.05, 3.63) is 34.5 Å². The smallest absolute Gasteiger partial charge is 0.132 e. The zero-order valence-corrected chi connectivity index (χ0v) is 10.8. The first kappa shape index (κ1) is 13.1. The Balaban J connectivity index is 0.000000386. The Kier molecular flexibility index (Phi) is 4.90. The molecule has 2 rings (SSSR count). The van der Waals surface area contributed by atoms with E-state index in [0.717, 1.165) is 20.5 Å². The topological polar surface area (TPSA) is 26.0 Å². The summed E-state index contributed by atoms with van der Waals surface area (Å²) < 4.78 is 14.3. The lowest BCUT2D eigenvalue weighted by Crippen LogP contribution is -1.94. The molecule has 16 heavy (non-hydrogen) atoms. The molecule has 1 aromatic carbocycles. The predicted molar refractivity (Wildman–Crippen MR) is 70.4 cm³/mol. The Morgan fingerprint density at radius 1 is 1.31 bits per heavy atom. The fourth-order valence-corrected chi connectivity index (χ4v) is 2.60. The minimum atomic E-state index is -0.147. The Labute approximate surface area is 100 Å². The number of hydrogen-bond acceptors (Lipinski definition) is 2. The number of aryl methyl sites for hydroxylation is 1. The van der Waals surface area contributed by atoms with Crippen LogP contribution in [0.4, 0.5) is 4.39 Å². The standard InChI is InChI=1S/C10H10FNS.C3H8/c1-6-9(5-12)13-8-4-2-3-7(11)10(6)8;1-3-2/h2-4H,5,12H2,1H3;3H2,1-2H3. The van der Waals surface area contributed by atoms with Gasteiger partial charge in [0.25, 0.3) is 0 Å². The molecule has 0 spiro atoms. The van der Waals surface area contributed by atoms with E-state index >= 15 is 0 Å². The van der Waals surface area contributed by atoms with Crippen LogP contribution in [0, 0.1) is 12.7 Å². The molecule has 2 N–H and O–H groups in total. The summed E-state index contributed by atoms with van der Waals surface area (Å²) in [6.07, 6.45) is 1.25. The molecule has 0 bridgehead atoms. The summed E-state index contributed by atoms with van der Waals surface area (Å²) >= 11 is 1.57. The Bertz CT molecular complexity index is 462. The third-order valence-electron chi connectivity index (χ3n) is 2.19. The van der Waals surface area contributed by atoms with Gasteiger partial charge in [0.05, 0.1) is 0 Å². The quantitative estimate of drug-likeness (QED) is 0.792. The number of hydrogen-bond donors (Lipinski definition) is 1. The van der Waals surface area contributed by atoms with E-state index in [4.69, 9.17) is 5.73 Å². The monoisotopic (exact) mass is 239 g/mol. The van der Waals surface area contributed by atoms with Crippen molar-refractivity contribution in [2.24, 2.45) is 5.73 Å². The second kappa shape index (κ2) is 5.97. The van der Waals surface area contributed by atoms with Crippen LogP contribution in [0.25, 0.3) is 10.1 Å². The van der Waals surface area contributed by atoms with Crippen molar-refractivity contribution in [3.63, 3.8) is 0 Å². The highest BCUT2D eigenvalue weighted by atomic mass is 32.1. The van der Waals surface area contributed by atoms with E-state index in [1.807, 2.05) is 13.0 Å². The maximum Gasteiger partial charge on any atom is 0.132 e. The molecule has 1 nitrogen and oxygen atoms in total. The molecule has 0 amide bonds. The number of benzene rings is 1. The highest BCUT2D eigenvalue weighted by molar-refractivity contribution is 7.19. The van der Waals surface area contributed by atoms with Gasteiger partial charge in [0.15, 0.2) is 0 Å². The Morgan fingerprint density at radius 3 is 2.44 bits per heavy atom. The molecule has 0 aliphatic heterocycles. The van der Waals surface area contributed by atoms with E-state index in [0.29, 0.717) is 6.54 Å². The van der Waals surface area contributed by atoms with Crippen LogP contribution in [0.2, 0.25) is 0 Å². The molecule has 0 radical (unpaired) electrons. The van der Waals surface area contributed by atoms with Crippen LogP contribution in [0.1, 0.15) is 30.7 Å². The third kappa shape index (κ3) is 2.60. The number of rotatable bonds is 1. The van der Waals surface area contributed by atoms with Gasteiger partial charge < -0.3 is 5.73 Å². The second-order valence-electron chi connectivity index (χ2n) is 3.67. The van der Waals surface area contributed by atoms with Gasteiger partial charge in [-0.3, -0.25) is 0 Å². The van der Waals surface area contributed by atoms with E-state index in [9.17, 15) is 4.39 Å². The van der Waals surface area contributed by atoms with Gasteiger partial charge >= 0.3 is 0 Å². The molecule has 2 aromatic rings. The van der Waals surface area contributed by atoms with Crippen LogP contribution < -0.4 is 5.73 Å². The average molecular weight is 239 g/mol. The lowest BCUT2D eigenvalue weighted by Gasteiger charge is -1.94. The van der Waals surface area contributed by atoms with Crippen molar-refractivity contribution < 1.29 is 4.39 Å². The SMILES string of the molecule is CCC.Cc1c(CN)sc2cccc(F)c12. The summed E-state index contributed by atoms with van der Waals surface area (Å²) in [5.41, 5.74) is 6.54. The van der Waals surface area contributed by atoms with Gasteiger partial charge in [-0.15, -0.1) is 11.3 Å². The van der Waals surface area contributed by atoms with Crippen LogP contribution in [-0.4, -0.2) is 0 Å². The van der Waals surface area contributed by atoms with Gasteiger partial charge in [-0.25, -0.2) is 4.39 Å². The fourth-order valence-electron chi connectivity index (χ4n) is 1.50. The molecule has 88 valence electrons. The van der Waals surface area contributed by atoms with E-state index in [1.165, 1.54) is 12.5 Å². The number of fused-ring (bicyclic) bond motifs is 1. The summed E-state index contributed by atoms with van der Waals surface area (Å²) in [5.74, 6) is -0.147. The first-order valence-corrected chi connectivity index (χ1v) is 6.33. The number of thiophene rings is 1. The second-order valence-corrected chi connectivity index (χ2v) is 4.81. The van der Waals surface area contributed by atoms with Gasteiger partial charge in [0.1, 0.15) is 5.82 Å². The molecule has 3 heteroatoms. The Hall–Kier alpha value is -0.930. The van der Waals surface area contributed by atoms with Crippen LogP contribution >= 0.6 is 11.3 Å². The minimum Gasteiger partial charge on any atom is -0.326 e. The lowest BCUT2D eigenvalue weighted by atomic mass is 10.1. The number of nitrogens with two attached hydrogens (primary N) is 1. The van der Waals surface area contributed by atoms with Gasteiger partial charge in [-0.05, 0) is 24.6 Å². The van der Waals surface area contributed by atoms with Gasteiger partial charge in [-0.1, -0.05) is 26.3 Å². The van der Waals surface area contributed by atoms with Crippen molar-refractivity contribution in [2.45, 2.75) is 33.7 Å². The van der Waals surface area contributed by atoms with E-state index < -0.39 is 0 Å². The summed E-state index contributed by atoms with van der Waals surface area (Å²) in [5, 5.41) is 0.730. The molecule has 0 atom stereocenters. The van der Waals surface area contributed by atoms with Gasteiger partial charge in [0, 0.05) is 21.5 Å². The van der Waals surface area contributed by atoms with Crippen molar-refractivity contribution in [1.29, 1.82) is 0 Å². The number of halogens is 1. The highest BCUT2D eigenvalue weighted by Crippen LogP contribution is 2.31. The minimum absolute atomic E-state index is 0.147. The van der Waals surface area contributed by atoms with Crippen LogP contribution in [0.15, 0.2) is 18.2 Å². The highest BCUT2D eigenvalue weighted by Gasteiger charge is 2.09. The molecule has 0 aliphatic carbocycles. The van der Waals surface area contributed by atoms with Crippen molar-refractivity contribution in [3.8, 4) is 0 Å². The average Bonchev–Trinajstić information content (AvgIpc) is 2.58. The van der Waals surface area contributed by atoms with Crippen molar-refractivity contribution in [2.75, 3.05) is 0 Å². The first-order chi connectivity index (χ1) is 7.65. The third-order valence-corrected chi connectivity index (χ3v) is 3.47. The van der Waals surface area contributed by atoms with Gasteiger partial charge in [-0.2, -0.15) is 0 Å². The molecule has 0 saturated carbocycles. The lowest BCUT2D eigenvalue weighted by molar-refractivity contribution is 0.639. The van der Waals surface area contributed by atoms with E-state index in [-0.39, 0.29) is 5.82 Å². The Morgan fingerprint density at radius 2 is 1.94 bits per heavy atom.